The predicted octanol–water partition coefficient (Wildman–Crippen LogP) is 3.30. The third-order valence-electron chi connectivity index (χ3n) is 4.60. The van der Waals surface area contributed by atoms with Crippen molar-refractivity contribution >= 4 is 17.6 Å². The molecule has 2 rings (SSSR count). The lowest BCUT2D eigenvalue weighted by molar-refractivity contribution is -0.124. The highest BCUT2D eigenvalue weighted by Gasteiger charge is 2.23. The van der Waals surface area contributed by atoms with Crippen molar-refractivity contribution < 1.29 is 9.53 Å². The van der Waals surface area contributed by atoms with E-state index in [-0.39, 0.29) is 12.0 Å². The van der Waals surface area contributed by atoms with Gasteiger partial charge < -0.3 is 20.7 Å². The molecule has 0 bridgehead atoms. The summed E-state index contributed by atoms with van der Waals surface area (Å²) in [7, 11) is 1.78. The second-order valence-corrected chi connectivity index (χ2v) is 7.43. The van der Waals surface area contributed by atoms with Gasteiger partial charge in [0.25, 0.3) is 5.91 Å². The van der Waals surface area contributed by atoms with Crippen molar-refractivity contribution in [3.8, 4) is 0 Å². The monoisotopic (exact) mass is 374 g/mol. The summed E-state index contributed by atoms with van der Waals surface area (Å²) in [6.45, 7) is 6.75. The maximum Gasteiger partial charge on any atom is 0.253 e. The lowest BCUT2D eigenvalue weighted by Gasteiger charge is -2.14. The summed E-state index contributed by atoms with van der Waals surface area (Å²) in [6.07, 6.45) is 5.07. The Labute approximate surface area is 163 Å². The Morgan fingerprint density at radius 1 is 1.30 bits per heavy atom. The van der Waals surface area contributed by atoms with E-state index in [9.17, 15) is 4.79 Å². The van der Waals surface area contributed by atoms with Crippen molar-refractivity contribution in [3.63, 3.8) is 0 Å². The average Bonchev–Trinajstić information content (AvgIpc) is 3.19. The molecule has 1 unspecified atom stereocenters. The molecule has 1 amide bonds. The van der Waals surface area contributed by atoms with Crippen molar-refractivity contribution in [1.29, 1.82) is 0 Å². The Morgan fingerprint density at radius 3 is 2.85 bits per heavy atom. The zero-order valence-corrected chi connectivity index (χ0v) is 16.9. The quantitative estimate of drug-likeness (QED) is 0.352. The van der Waals surface area contributed by atoms with Crippen LogP contribution >= 0.6 is 0 Å². The van der Waals surface area contributed by atoms with Crippen LogP contribution in [0.2, 0.25) is 0 Å². The van der Waals surface area contributed by atoms with Gasteiger partial charge in [0, 0.05) is 32.4 Å². The molecule has 1 heterocycles. The summed E-state index contributed by atoms with van der Waals surface area (Å²) in [6, 6.07) is 7.86. The van der Waals surface area contributed by atoms with E-state index in [4.69, 9.17) is 4.74 Å². The number of unbranched alkanes of at least 4 members (excludes halogenated alkanes) is 1. The molecule has 0 aromatic heterocycles. The van der Waals surface area contributed by atoms with Gasteiger partial charge in [-0.25, -0.2) is 0 Å². The molecule has 3 N–H and O–H groups in total. The van der Waals surface area contributed by atoms with Gasteiger partial charge >= 0.3 is 0 Å². The smallest absolute Gasteiger partial charge is 0.253 e. The van der Waals surface area contributed by atoms with Gasteiger partial charge in [-0.2, -0.15) is 0 Å². The zero-order chi connectivity index (χ0) is 19.5. The summed E-state index contributed by atoms with van der Waals surface area (Å²) >= 11 is 0. The van der Waals surface area contributed by atoms with Crippen LogP contribution in [-0.4, -0.2) is 38.2 Å². The van der Waals surface area contributed by atoms with E-state index in [1.807, 2.05) is 24.3 Å². The molecule has 1 atom stereocenters. The van der Waals surface area contributed by atoms with Gasteiger partial charge in [0.05, 0.1) is 0 Å². The van der Waals surface area contributed by atoms with Crippen LogP contribution in [0.3, 0.4) is 0 Å². The molecule has 1 aromatic rings. The van der Waals surface area contributed by atoms with Crippen molar-refractivity contribution in [1.82, 2.24) is 10.6 Å². The zero-order valence-electron chi connectivity index (χ0n) is 16.9. The van der Waals surface area contributed by atoms with Crippen LogP contribution < -0.4 is 16.0 Å². The second kappa shape index (κ2) is 11.6. The number of nitrogens with zero attached hydrogens (tertiary/aromatic N) is 1. The van der Waals surface area contributed by atoms with Gasteiger partial charge in [0.1, 0.15) is 6.10 Å². The molecule has 1 aliphatic rings. The fraction of sp³-hybridized carbons (Fsp3) is 0.619. The first-order valence-corrected chi connectivity index (χ1v) is 10.0. The molecule has 0 radical (unpaired) electrons. The highest BCUT2D eigenvalue weighted by atomic mass is 16.5. The Bertz CT molecular complexity index is 610. The molecule has 1 fully saturated rings. The van der Waals surface area contributed by atoms with Gasteiger partial charge in [-0.1, -0.05) is 38.8 Å². The Hall–Kier alpha value is -2.08. The van der Waals surface area contributed by atoms with Crippen molar-refractivity contribution in [2.45, 2.75) is 58.6 Å². The van der Waals surface area contributed by atoms with E-state index in [0.717, 1.165) is 48.9 Å². The second-order valence-electron chi connectivity index (χ2n) is 7.43. The third kappa shape index (κ3) is 7.99. The number of carbonyl (C=O) groups excluding carboxylic acids is 1. The van der Waals surface area contributed by atoms with Gasteiger partial charge in [-0.3, -0.25) is 9.79 Å². The number of carbonyl (C=O) groups is 1. The predicted molar refractivity (Wildman–Crippen MR) is 111 cm³/mol. The molecule has 6 nitrogen and oxygen atoms in total. The van der Waals surface area contributed by atoms with Crippen LogP contribution in [0.25, 0.3) is 0 Å². The lowest BCUT2D eigenvalue weighted by Crippen LogP contribution is -2.37. The number of benzene rings is 1. The number of hydrogen-bond donors (Lipinski definition) is 3. The minimum atomic E-state index is -0.314. The normalized spacial score (nSPS) is 17.2. The largest absolute Gasteiger partial charge is 0.368 e. The van der Waals surface area contributed by atoms with Crippen LogP contribution in [0.15, 0.2) is 29.3 Å². The Balaban J connectivity index is 1.74. The first-order valence-electron chi connectivity index (χ1n) is 10.0. The lowest BCUT2D eigenvalue weighted by atomic mass is 10.1. The highest BCUT2D eigenvalue weighted by Crippen LogP contribution is 2.16. The molecular weight excluding hydrogens is 340 g/mol. The van der Waals surface area contributed by atoms with Crippen LogP contribution in [0.1, 0.15) is 51.5 Å². The van der Waals surface area contributed by atoms with Crippen molar-refractivity contribution in [2.75, 3.05) is 25.5 Å². The van der Waals surface area contributed by atoms with E-state index in [2.05, 4.69) is 34.8 Å². The fourth-order valence-electron chi connectivity index (χ4n) is 3.06. The minimum Gasteiger partial charge on any atom is -0.368 e. The molecular formula is C21H34N4O2. The summed E-state index contributed by atoms with van der Waals surface area (Å²) < 4.78 is 5.43. The number of ether oxygens (including phenoxy) is 1. The minimum absolute atomic E-state index is 0.0588. The topological polar surface area (TPSA) is 74.8 Å². The molecule has 1 saturated heterocycles. The highest BCUT2D eigenvalue weighted by molar-refractivity contribution is 5.94. The van der Waals surface area contributed by atoms with Crippen LogP contribution in [-0.2, 0) is 16.1 Å². The number of hydrogen-bond acceptors (Lipinski definition) is 3. The maximum absolute atomic E-state index is 12.2. The average molecular weight is 375 g/mol. The Morgan fingerprint density at radius 2 is 2.15 bits per heavy atom. The van der Waals surface area contributed by atoms with E-state index in [1.54, 1.807) is 7.05 Å². The molecule has 0 aliphatic carbocycles. The number of nitrogens with one attached hydrogen (secondary N) is 3. The van der Waals surface area contributed by atoms with Gasteiger partial charge in [-0.15, -0.1) is 0 Å². The molecule has 150 valence electrons. The van der Waals surface area contributed by atoms with Crippen LogP contribution in [0.5, 0.6) is 0 Å². The molecule has 0 saturated carbocycles. The van der Waals surface area contributed by atoms with E-state index < -0.39 is 0 Å². The van der Waals surface area contributed by atoms with Crippen molar-refractivity contribution in [3.05, 3.63) is 29.8 Å². The standard InChI is InChI=1S/C21H34N4O2/c1-16(2)8-4-5-12-23-21(22-3)24-15-17-9-6-10-18(14-17)25-20(26)19-11-7-13-27-19/h6,9-10,14,16,19H,4-5,7-8,11-13,15H2,1-3H3,(H,25,26)(H2,22,23,24). The number of amides is 1. The van der Waals surface area contributed by atoms with Gasteiger partial charge in [-0.05, 0) is 42.9 Å². The fourth-order valence-corrected chi connectivity index (χ4v) is 3.06. The molecule has 1 aliphatic heterocycles. The molecule has 1 aromatic carbocycles. The van der Waals surface area contributed by atoms with Crippen LogP contribution in [0, 0.1) is 5.92 Å². The molecule has 0 spiro atoms. The summed E-state index contributed by atoms with van der Waals surface area (Å²) in [5.74, 6) is 1.50. The van der Waals surface area contributed by atoms with E-state index in [1.165, 1.54) is 12.8 Å². The SMILES string of the molecule is CN=C(NCCCCC(C)C)NCc1cccc(NC(=O)C2CCCO2)c1. The van der Waals surface area contributed by atoms with Crippen LogP contribution in [0.4, 0.5) is 5.69 Å². The summed E-state index contributed by atoms with van der Waals surface area (Å²) in [5, 5.41) is 9.62. The Kier molecular flexibility index (Phi) is 9.11. The van der Waals surface area contributed by atoms with E-state index in [0.29, 0.717) is 13.2 Å². The summed E-state index contributed by atoms with van der Waals surface area (Å²) in [4.78, 5) is 16.4. The number of guanidine groups is 1. The van der Waals surface area contributed by atoms with Gasteiger partial charge in [0.15, 0.2) is 5.96 Å². The first-order chi connectivity index (χ1) is 13.1. The van der Waals surface area contributed by atoms with Gasteiger partial charge in [0.2, 0.25) is 0 Å². The summed E-state index contributed by atoms with van der Waals surface area (Å²) in [5.41, 5.74) is 1.88. The number of aliphatic imine (C=N–C) groups is 1. The first kappa shape index (κ1) is 21.2. The van der Waals surface area contributed by atoms with E-state index >= 15 is 0 Å². The molecule has 27 heavy (non-hydrogen) atoms. The number of anilines is 1. The van der Waals surface area contributed by atoms with Crippen molar-refractivity contribution in [2.24, 2.45) is 10.9 Å². The number of rotatable bonds is 9. The molecule has 6 heteroatoms. The third-order valence-corrected chi connectivity index (χ3v) is 4.60. The maximum atomic E-state index is 12.2.